The van der Waals surface area contributed by atoms with Crippen LogP contribution in [-0.4, -0.2) is 5.97 Å². The molecule has 0 N–H and O–H groups in total. The highest BCUT2D eigenvalue weighted by molar-refractivity contribution is 5.79. The highest BCUT2D eigenvalue weighted by atomic mass is 16.5. The number of hydrogen-bond donors (Lipinski definition) is 0. The molecule has 0 saturated carbocycles. The van der Waals surface area contributed by atoms with Gasteiger partial charge in [0.2, 0.25) is 0 Å². The van der Waals surface area contributed by atoms with Crippen LogP contribution in [0.15, 0.2) is 84.3 Å². The first kappa shape index (κ1) is 15.1. The lowest BCUT2D eigenvalue weighted by atomic mass is 9.99. The summed E-state index contributed by atoms with van der Waals surface area (Å²) in [6.07, 6.45) is 4.31. The molecule has 1 aliphatic heterocycles. The Kier molecular flexibility index (Phi) is 4.56. The van der Waals surface area contributed by atoms with Crippen molar-refractivity contribution in [2.45, 2.75) is 13.3 Å². The number of allylic oxidation sites excluding steroid dienone is 3. The molecule has 0 amide bonds. The van der Waals surface area contributed by atoms with E-state index < -0.39 is 0 Å². The number of hydrogen-bond acceptors (Lipinski definition) is 2. The molecule has 2 nitrogen and oxygen atoms in total. The maximum absolute atomic E-state index is 11.4. The molecule has 1 heterocycles. The van der Waals surface area contributed by atoms with Gasteiger partial charge in [0, 0.05) is 12.0 Å². The topological polar surface area (TPSA) is 26.3 Å². The number of esters is 1. The van der Waals surface area contributed by atoms with E-state index in [1.54, 1.807) is 0 Å². The summed E-state index contributed by atoms with van der Waals surface area (Å²) < 4.78 is 5.21. The van der Waals surface area contributed by atoms with Gasteiger partial charge in [-0.2, -0.15) is 0 Å². The Morgan fingerprint density at radius 2 is 1.61 bits per heavy atom. The van der Waals surface area contributed by atoms with E-state index >= 15 is 0 Å². The monoisotopic (exact) mass is 302 g/mol. The molecule has 2 aromatic rings. The van der Waals surface area contributed by atoms with Crippen molar-refractivity contribution in [1.82, 2.24) is 0 Å². The maximum atomic E-state index is 11.4. The van der Waals surface area contributed by atoms with Gasteiger partial charge in [-0.05, 0) is 23.3 Å². The molecule has 2 heteroatoms. The van der Waals surface area contributed by atoms with Crippen LogP contribution in [0.1, 0.15) is 24.5 Å². The zero-order valence-electron chi connectivity index (χ0n) is 13.0. The minimum atomic E-state index is -0.153. The first-order chi connectivity index (χ1) is 11.2. The van der Waals surface area contributed by atoms with Gasteiger partial charge in [-0.3, -0.25) is 4.79 Å². The van der Waals surface area contributed by atoms with Crippen molar-refractivity contribution in [3.05, 3.63) is 95.4 Å². The van der Waals surface area contributed by atoms with Crippen molar-refractivity contribution in [3.63, 3.8) is 0 Å². The summed E-state index contributed by atoms with van der Waals surface area (Å²) >= 11 is 0. The molecule has 1 unspecified atom stereocenters. The van der Waals surface area contributed by atoms with Crippen LogP contribution in [0, 0.1) is 5.92 Å². The minimum absolute atomic E-state index is 0.0543. The van der Waals surface area contributed by atoms with Gasteiger partial charge in [-0.25, -0.2) is 0 Å². The zero-order valence-corrected chi connectivity index (χ0v) is 13.0. The van der Waals surface area contributed by atoms with Crippen LogP contribution < -0.4 is 0 Å². The largest absolute Gasteiger partial charge is 0.431 e. The van der Waals surface area contributed by atoms with Gasteiger partial charge in [0.15, 0.2) is 0 Å². The van der Waals surface area contributed by atoms with E-state index in [9.17, 15) is 4.79 Å². The molecule has 1 saturated heterocycles. The molecule has 23 heavy (non-hydrogen) atoms. The van der Waals surface area contributed by atoms with Crippen LogP contribution >= 0.6 is 0 Å². The van der Waals surface area contributed by atoms with E-state index in [1.807, 2.05) is 55.5 Å². The summed E-state index contributed by atoms with van der Waals surface area (Å²) in [4.78, 5) is 11.4. The van der Waals surface area contributed by atoms with Gasteiger partial charge in [0.05, 0.1) is 5.92 Å². The Labute approximate surface area is 136 Å². The fourth-order valence-electron chi connectivity index (χ4n) is 2.52. The number of ether oxygens (including phenoxy) is 1. The first-order valence-electron chi connectivity index (χ1n) is 7.72. The number of benzene rings is 2. The van der Waals surface area contributed by atoms with Gasteiger partial charge in [0.1, 0.15) is 5.76 Å². The van der Waals surface area contributed by atoms with Crippen LogP contribution in [-0.2, 0) is 9.53 Å². The molecular formula is C21H18O2. The molecule has 3 rings (SSSR count). The second-order valence-electron chi connectivity index (χ2n) is 5.58. The summed E-state index contributed by atoms with van der Waals surface area (Å²) in [6.45, 7) is 1.88. The van der Waals surface area contributed by atoms with Gasteiger partial charge < -0.3 is 4.74 Å². The van der Waals surface area contributed by atoms with E-state index in [0.29, 0.717) is 12.2 Å². The fourth-order valence-corrected chi connectivity index (χ4v) is 2.52. The van der Waals surface area contributed by atoms with E-state index in [-0.39, 0.29) is 11.9 Å². The summed E-state index contributed by atoms with van der Waals surface area (Å²) in [5.74, 6) is 0.497. The van der Waals surface area contributed by atoms with E-state index in [4.69, 9.17) is 4.74 Å². The summed E-state index contributed by atoms with van der Waals surface area (Å²) in [5, 5.41) is 0. The standard InChI is InChI=1S/C21H18O2/c1-16-15-19(23-21(16)22)13-8-14-20(17-9-4-2-5-10-17)18-11-6-3-7-12-18/h2-13,16H,15H2,1H3/b19-13+. The third-order valence-corrected chi connectivity index (χ3v) is 3.76. The number of carbonyl (C=O) groups excluding carboxylic acids is 1. The van der Waals surface area contributed by atoms with E-state index in [0.717, 1.165) is 16.7 Å². The average molecular weight is 302 g/mol. The summed E-state index contributed by atoms with van der Waals surface area (Å²) in [5.41, 5.74) is 6.55. The second-order valence-corrected chi connectivity index (χ2v) is 5.58. The second kappa shape index (κ2) is 6.95. The quantitative estimate of drug-likeness (QED) is 0.604. The lowest BCUT2D eigenvalue weighted by Gasteiger charge is -2.05. The third-order valence-electron chi connectivity index (χ3n) is 3.76. The number of cyclic esters (lactones) is 1. The molecule has 0 aliphatic carbocycles. The Balaban J connectivity index is 1.97. The van der Waals surface area contributed by atoms with Crippen LogP contribution in [0.25, 0.3) is 5.57 Å². The predicted octanol–water partition coefficient (Wildman–Crippen LogP) is 4.74. The molecule has 1 fully saturated rings. The molecule has 0 spiro atoms. The van der Waals surface area contributed by atoms with Crippen LogP contribution in [0.2, 0.25) is 0 Å². The van der Waals surface area contributed by atoms with E-state index in [2.05, 4.69) is 30.0 Å². The van der Waals surface area contributed by atoms with Crippen molar-refractivity contribution < 1.29 is 9.53 Å². The third kappa shape index (κ3) is 3.68. The van der Waals surface area contributed by atoms with Gasteiger partial charge in [-0.1, -0.05) is 67.6 Å². The highest BCUT2D eigenvalue weighted by Gasteiger charge is 2.25. The smallest absolute Gasteiger partial charge is 0.314 e. The van der Waals surface area contributed by atoms with Crippen LogP contribution in [0.5, 0.6) is 0 Å². The van der Waals surface area contributed by atoms with E-state index in [1.165, 1.54) is 0 Å². The number of carbonyl (C=O) groups is 1. The first-order valence-corrected chi connectivity index (χ1v) is 7.72. The van der Waals surface area contributed by atoms with Crippen LogP contribution in [0.4, 0.5) is 0 Å². The molecule has 1 atom stereocenters. The Bertz CT molecular complexity index is 738. The molecular weight excluding hydrogens is 284 g/mol. The fraction of sp³-hybridized carbons (Fsp3) is 0.143. The minimum Gasteiger partial charge on any atom is -0.431 e. The Morgan fingerprint density at radius 1 is 1.04 bits per heavy atom. The SMILES string of the molecule is CC1C/C(=C\C=C=C(c2ccccc2)c2ccccc2)OC1=O. The van der Waals surface area contributed by atoms with Gasteiger partial charge in [0.25, 0.3) is 0 Å². The molecule has 0 bridgehead atoms. The van der Waals surface area contributed by atoms with Crippen molar-refractivity contribution in [2.24, 2.45) is 5.92 Å². The molecule has 1 aliphatic rings. The van der Waals surface area contributed by atoms with Gasteiger partial charge >= 0.3 is 5.97 Å². The lowest BCUT2D eigenvalue weighted by Crippen LogP contribution is -2.00. The van der Waals surface area contributed by atoms with Gasteiger partial charge in [-0.15, -0.1) is 5.73 Å². The van der Waals surface area contributed by atoms with Crippen molar-refractivity contribution >= 4 is 11.5 Å². The average Bonchev–Trinajstić information content (AvgIpc) is 2.91. The Hall–Kier alpha value is -2.83. The summed E-state index contributed by atoms with van der Waals surface area (Å²) in [6, 6.07) is 20.3. The maximum Gasteiger partial charge on any atom is 0.314 e. The highest BCUT2D eigenvalue weighted by Crippen LogP contribution is 2.24. The number of rotatable bonds is 3. The molecule has 114 valence electrons. The molecule has 0 radical (unpaired) electrons. The normalized spacial score (nSPS) is 18.4. The Morgan fingerprint density at radius 3 is 2.09 bits per heavy atom. The zero-order chi connectivity index (χ0) is 16.1. The summed E-state index contributed by atoms with van der Waals surface area (Å²) in [7, 11) is 0. The van der Waals surface area contributed by atoms with Crippen molar-refractivity contribution in [3.8, 4) is 0 Å². The molecule has 0 aromatic heterocycles. The van der Waals surface area contributed by atoms with Crippen molar-refractivity contribution in [2.75, 3.05) is 0 Å². The van der Waals surface area contributed by atoms with Crippen LogP contribution in [0.3, 0.4) is 0 Å². The van der Waals surface area contributed by atoms with Crippen molar-refractivity contribution in [1.29, 1.82) is 0 Å². The lowest BCUT2D eigenvalue weighted by molar-refractivity contribution is -0.138. The molecule has 2 aromatic carbocycles. The predicted molar refractivity (Wildman–Crippen MR) is 91.4 cm³/mol.